The van der Waals surface area contributed by atoms with Crippen LogP contribution in [0.4, 0.5) is 0 Å². The van der Waals surface area contributed by atoms with E-state index in [2.05, 4.69) is 27.8 Å². The second-order valence-corrected chi connectivity index (χ2v) is 5.79. The van der Waals surface area contributed by atoms with Gasteiger partial charge in [0.2, 0.25) is 0 Å². The van der Waals surface area contributed by atoms with Crippen molar-refractivity contribution in [1.29, 1.82) is 0 Å². The summed E-state index contributed by atoms with van der Waals surface area (Å²) in [6, 6.07) is 0. The van der Waals surface area contributed by atoms with Gasteiger partial charge in [-0.25, -0.2) is 4.59 Å². The number of aliphatic hydroxyl groups is 1. The molecular weight excluding hydrogens is 258 g/mol. The summed E-state index contributed by atoms with van der Waals surface area (Å²) in [7, 11) is 2.18. The van der Waals surface area contributed by atoms with Gasteiger partial charge in [0.15, 0.2) is 0 Å². The number of aliphatic hydroxyl groups excluding tert-OH is 1. The third-order valence-electron chi connectivity index (χ3n) is 4.19. The number of hydrogen-bond acceptors (Lipinski definition) is 6. The smallest absolute Gasteiger partial charge is 0.121 e. The molecule has 0 bridgehead atoms. The average molecular weight is 288 g/mol. The molecule has 7 heteroatoms. The van der Waals surface area contributed by atoms with Crippen molar-refractivity contribution in [1.82, 2.24) is 20.8 Å². The van der Waals surface area contributed by atoms with Gasteiger partial charge in [0.25, 0.3) is 0 Å². The van der Waals surface area contributed by atoms with Crippen molar-refractivity contribution in [3.63, 3.8) is 0 Å². The second-order valence-electron chi connectivity index (χ2n) is 5.79. The van der Waals surface area contributed by atoms with Gasteiger partial charge in [0, 0.05) is 39.3 Å². The molecule has 0 unspecified atom stereocenters. The highest BCUT2D eigenvalue weighted by Gasteiger charge is 2.34. The Bertz CT molecular complexity index is 265. The number of hydrogen-bond donors (Lipinski definition) is 3. The Balaban J connectivity index is 1.85. The van der Waals surface area contributed by atoms with E-state index in [0.717, 1.165) is 63.5 Å². The molecule has 0 radical (unpaired) electrons. The van der Waals surface area contributed by atoms with Gasteiger partial charge in [-0.05, 0) is 7.05 Å². The van der Waals surface area contributed by atoms with Crippen molar-refractivity contribution >= 4 is 0 Å². The van der Waals surface area contributed by atoms with Crippen LogP contribution in [0.2, 0.25) is 0 Å². The number of quaternary nitrogens is 1. The summed E-state index contributed by atoms with van der Waals surface area (Å²) in [5.74, 6) is 0. The molecule has 2 rings (SSSR count). The lowest BCUT2D eigenvalue weighted by Gasteiger charge is -2.46. The van der Waals surface area contributed by atoms with Crippen LogP contribution in [0.25, 0.3) is 0 Å². The van der Waals surface area contributed by atoms with Gasteiger partial charge in [0.05, 0.1) is 19.8 Å². The van der Waals surface area contributed by atoms with Crippen molar-refractivity contribution < 1.29 is 14.4 Å². The number of ether oxygens (including phenoxy) is 1. The molecule has 7 nitrogen and oxygen atoms in total. The Morgan fingerprint density at radius 2 is 1.85 bits per heavy atom. The summed E-state index contributed by atoms with van der Waals surface area (Å²) in [4.78, 5) is 2.38. The largest absolute Gasteiger partial charge is 0.394 e. The van der Waals surface area contributed by atoms with E-state index < -0.39 is 0 Å². The van der Waals surface area contributed by atoms with Crippen molar-refractivity contribution in [3.8, 4) is 0 Å². The summed E-state index contributed by atoms with van der Waals surface area (Å²) in [6.45, 7) is 10.8. The maximum Gasteiger partial charge on any atom is 0.121 e. The number of nitrogens with zero attached hydrogens (tertiary/aromatic N) is 3. The molecule has 0 aromatic carbocycles. The van der Waals surface area contributed by atoms with Gasteiger partial charge in [-0.1, -0.05) is 5.53 Å². The molecule has 2 aliphatic heterocycles. The molecule has 3 N–H and O–H groups in total. The number of hydrazine groups is 1. The van der Waals surface area contributed by atoms with E-state index in [9.17, 15) is 0 Å². The van der Waals surface area contributed by atoms with E-state index in [1.807, 2.05) is 0 Å². The maximum atomic E-state index is 8.80. The van der Waals surface area contributed by atoms with E-state index in [4.69, 9.17) is 9.84 Å². The lowest BCUT2D eigenvalue weighted by molar-refractivity contribution is -0.987. The molecule has 2 aliphatic rings. The maximum absolute atomic E-state index is 8.80. The van der Waals surface area contributed by atoms with Crippen LogP contribution >= 0.6 is 0 Å². The van der Waals surface area contributed by atoms with Crippen LogP contribution in [0, 0.1) is 0 Å². The topological polar surface area (TPSA) is 60.0 Å². The highest BCUT2D eigenvalue weighted by Crippen LogP contribution is 2.10. The molecule has 2 fully saturated rings. The Kier molecular flexibility index (Phi) is 6.63. The zero-order valence-corrected chi connectivity index (χ0v) is 12.7. The molecule has 0 spiro atoms. The standard InChI is InChI=1S/C13H30N5O2/c1-16-6-8-18(9-7-16,10-12-20-13-11-19)15-17-4-2-14-3-5-17/h14-15,19H,2-13H2,1H3/q+1. The van der Waals surface area contributed by atoms with Gasteiger partial charge in [0.1, 0.15) is 19.6 Å². The van der Waals surface area contributed by atoms with Crippen LogP contribution in [-0.4, -0.2) is 105 Å². The quantitative estimate of drug-likeness (QED) is 0.375. The Labute approximate surface area is 122 Å². The third kappa shape index (κ3) is 4.92. The predicted octanol–water partition coefficient (Wildman–Crippen LogP) is -1.92. The zero-order valence-electron chi connectivity index (χ0n) is 12.7. The van der Waals surface area contributed by atoms with Gasteiger partial charge in [-0.3, -0.25) is 4.90 Å². The van der Waals surface area contributed by atoms with E-state index in [-0.39, 0.29) is 6.61 Å². The summed E-state index contributed by atoms with van der Waals surface area (Å²) in [5.41, 5.74) is 3.73. The van der Waals surface area contributed by atoms with Crippen molar-refractivity contribution in [2.75, 3.05) is 85.8 Å². The molecule has 2 saturated heterocycles. The fourth-order valence-corrected chi connectivity index (χ4v) is 2.79. The first-order valence-corrected chi connectivity index (χ1v) is 7.71. The van der Waals surface area contributed by atoms with Crippen LogP contribution in [0.5, 0.6) is 0 Å². The highest BCUT2D eigenvalue weighted by atomic mass is 16.5. The van der Waals surface area contributed by atoms with Crippen molar-refractivity contribution in [3.05, 3.63) is 0 Å². The molecule has 0 aromatic rings. The average Bonchev–Trinajstić information content (AvgIpc) is 2.48. The van der Waals surface area contributed by atoms with E-state index in [1.165, 1.54) is 0 Å². The van der Waals surface area contributed by atoms with Gasteiger partial charge in [-0.2, -0.15) is 5.01 Å². The minimum absolute atomic E-state index is 0.105. The fraction of sp³-hybridized carbons (Fsp3) is 1.00. The van der Waals surface area contributed by atoms with E-state index in [1.54, 1.807) is 0 Å². The molecule has 0 aromatic heterocycles. The van der Waals surface area contributed by atoms with Crippen molar-refractivity contribution in [2.24, 2.45) is 0 Å². The molecule has 20 heavy (non-hydrogen) atoms. The number of rotatable bonds is 7. The minimum atomic E-state index is 0.105. The Morgan fingerprint density at radius 1 is 1.15 bits per heavy atom. The minimum Gasteiger partial charge on any atom is -0.394 e. The summed E-state index contributed by atoms with van der Waals surface area (Å²) >= 11 is 0. The lowest BCUT2D eigenvalue weighted by atomic mass is 10.3. The van der Waals surface area contributed by atoms with Crippen LogP contribution in [0.15, 0.2) is 0 Å². The molecule has 0 amide bonds. The van der Waals surface area contributed by atoms with Crippen molar-refractivity contribution in [2.45, 2.75) is 0 Å². The first kappa shape index (κ1) is 16.1. The summed E-state index contributed by atoms with van der Waals surface area (Å²) < 4.78 is 6.38. The van der Waals surface area contributed by atoms with E-state index in [0.29, 0.717) is 13.2 Å². The number of likely N-dealkylation sites (N-methyl/N-ethyl adjacent to an activating group) is 1. The molecule has 0 saturated carbocycles. The monoisotopic (exact) mass is 288 g/mol. The third-order valence-corrected chi connectivity index (χ3v) is 4.19. The normalized spacial score (nSPS) is 24.9. The SMILES string of the molecule is CN1CC[N+](CCOCCO)(NN2CCNCC2)CC1. The van der Waals surface area contributed by atoms with Crippen LogP contribution < -0.4 is 10.9 Å². The fourth-order valence-electron chi connectivity index (χ4n) is 2.79. The second kappa shape index (κ2) is 8.23. The Morgan fingerprint density at radius 3 is 2.50 bits per heavy atom. The molecular formula is C13H30N5O2+. The van der Waals surface area contributed by atoms with Gasteiger partial charge < -0.3 is 15.2 Å². The number of nitrogens with one attached hydrogen (secondary N) is 2. The summed E-state index contributed by atoms with van der Waals surface area (Å²) in [5, 5.41) is 14.5. The lowest BCUT2D eigenvalue weighted by Crippen LogP contribution is -2.71. The van der Waals surface area contributed by atoms with Gasteiger partial charge in [-0.15, -0.1) is 0 Å². The molecule has 2 heterocycles. The zero-order chi connectivity index (χ0) is 14.3. The first-order valence-electron chi connectivity index (χ1n) is 7.71. The van der Waals surface area contributed by atoms with Crippen LogP contribution in [0.3, 0.4) is 0 Å². The molecule has 118 valence electrons. The predicted molar refractivity (Wildman–Crippen MR) is 77.8 cm³/mol. The highest BCUT2D eigenvalue weighted by molar-refractivity contribution is 4.64. The Hall–Kier alpha value is -0.280. The van der Waals surface area contributed by atoms with E-state index >= 15 is 0 Å². The molecule has 0 atom stereocenters. The molecule has 0 aliphatic carbocycles. The van der Waals surface area contributed by atoms with Gasteiger partial charge >= 0.3 is 0 Å². The first-order chi connectivity index (χ1) is 9.74. The summed E-state index contributed by atoms with van der Waals surface area (Å²) in [6.07, 6.45) is 0. The van der Waals surface area contributed by atoms with Crippen LogP contribution in [-0.2, 0) is 4.74 Å². The van der Waals surface area contributed by atoms with Crippen LogP contribution in [0.1, 0.15) is 0 Å². The number of piperazine rings is 2.